The van der Waals surface area contributed by atoms with Gasteiger partial charge < -0.3 is 11.1 Å². The van der Waals surface area contributed by atoms with Crippen molar-refractivity contribution < 1.29 is 0 Å². The summed E-state index contributed by atoms with van der Waals surface area (Å²) in [5.74, 6) is 0. The van der Waals surface area contributed by atoms with Crippen LogP contribution in [0.5, 0.6) is 0 Å². The Kier molecular flexibility index (Phi) is 3.43. The standard InChI is InChI=1S/C12H16N4/c13-11-4-1-5-12(10-11)14-6-2-8-16-9-3-7-15-16/h1,3-5,7,9-10,14H,2,6,8,13H2. The molecule has 84 valence electrons. The van der Waals surface area contributed by atoms with Crippen LogP contribution in [0.25, 0.3) is 0 Å². The van der Waals surface area contributed by atoms with E-state index in [1.54, 1.807) is 6.20 Å². The summed E-state index contributed by atoms with van der Waals surface area (Å²) in [6.07, 6.45) is 4.81. The summed E-state index contributed by atoms with van der Waals surface area (Å²) in [7, 11) is 0. The molecule has 16 heavy (non-hydrogen) atoms. The second-order valence-corrected chi connectivity index (χ2v) is 3.67. The molecule has 0 amide bonds. The lowest BCUT2D eigenvalue weighted by atomic mass is 10.3. The Morgan fingerprint density at radius 1 is 1.31 bits per heavy atom. The molecule has 0 aliphatic rings. The summed E-state index contributed by atoms with van der Waals surface area (Å²) >= 11 is 0. The molecule has 0 atom stereocenters. The topological polar surface area (TPSA) is 55.9 Å². The van der Waals surface area contributed by atoms with Crippen LogP contribution >= 0.6 is 0 Å². The smallest absolute Gasteiger partial charge is 0.0489 e. The summed E-state index contributed by atoms with van der Waals surface area (Å²) in [6, 6.07) is 9.73. The Hall–Kier alpha value is -1.97. The highest BCUT2D eigenvalue weighted by atomic mass is 15.3. The van der Waals surface area contributed by atoms with Gasteiger partial charge in [-0.15, -0.1) is 0 Å². The molecular weight excluding hydrogens is 200 g/mol. The van der Waals surface area contributed by atoms with Gasteiger partial charge in [-0.1, -0.05) is 6.07 Å². The van der Waals surface area contributed by atoms with E-state index in [-0.39, 0.29) is 0 Å². The van der Waals surface area contributed by atoms with Crippen LogP contribution in [0, 0.1) is 0 Å². The quantitative estimate of drug-likeness (QED) is 0.593. The summed E-state index contributed by atoms with van der Waals surface area (Å²) in [4.78, 5) is 0. The van der Waals surface area contributed by atoms with Gasteiger partial charge in [0.1, 0.15) is 0 Å². The fourth-order valence-electron chi connectivity index (χ4n) is 1.56. The maximum atomic E-state index is 5.69. The number of hydrogen-bond donors (Lipinski definition) is 2. The maximum Gasteiger partial charge on any atom is 0.0489 e. The number of nitrogen functional groups attached to an aromatic ring is 1. The third-order valence-electron chi connectivity index (χ3n) is 2.34. The first-order valence-corrected chi connectivity index (χ1v) is 5.41. The SMILES string of the molecule is Nc1cccc(NCCCn2cccn2)c1. The van der Waals surface area contributed by atoms with E-state index in [2.05, 4.69) is 10.4 Å². The number of benzene rings is 1. The Bertz CT molecular complexity index is 422. The zero-order valence-corrected chi connectivity index (χ0v) is 9.13. The molecule has 1 heterocycles. The molecule has 2 rings (SSSR count). The maximum absolute atomic E-state index is 5.69. The van der Waals surface area contributed by atoms with Gasteiger partial charge in [-0.25, -0.2) is 0 Å². The summed E-state index contributed by atoms with van der Waals surface area (Å²) in [5.41, 5.74) is 7.54. The highest BCUT2D eigenvalue weighted by Crippen LogP contribution is 2.11. The average Bonchev–Trinajstić information content (AvgIpc) is 2.77. The van der Waals surface area contributed by atoms with Crippen LogP contribution in [0.15, 0.2) is 42.7 Å². The Balaban J connectivity index is 1.72. The van der Waals surface area contributed by atoms with E-state index in [1.807, 2.05) is 41.2 Å². The van der Waals surface area contributed by atoms with Gasteiger partial charge in [0.2, 0.25) is 0 Å². The third kappa shape index (κ3) is 3.02. The second-order valence-electron chi connectivity index (χ2n) is 3.67. The van der Waals surface area contributed by atoms with Crippen molar-refractivity contribution in [3.63, 3.8) is 0 Å². The molecule has 0 unspecified atom stereocenters. The van der Waals surface area contributed by atoms with E-state index in [1.165, 1.54) is 0 Å². The van der Waals surface area contributed by atoms with E-state index < -0.39 is 0 Å². The van der Waals surface area contributed by atoms with Gasteiger partial charge >= 0.3 is 0 Å². The van der Waals surface area contributed by atoms with Crippen molar-refractivity contribution in [2.75, 3.05) is 17.6 Å². The van der Waals surface area contributed by atoms with Crippen LogP contribution < -0.4 is 11.1 Å². The molecule has 0 bridgehead atoms. The fourth-order valence-corrected chi connectivity index (χ4v) is 1.56. The number of nitrogens with two attached hydrogens (primary N) is 1. The first-order chi connectivity index (χ1) is 7.84. The molecule has 2 aromatic rings. The van der Waals surface area contributed by atoms with Gasteiger partial charge in [-0.2, -0.15) is 5.10 Å². The van der Waals surface area contributed by atoms with Crippen molar-refractivity contribution in [3.05, 3.63) is 42.7 Å². The van der Waals surface area contributed by atoms with Crippen molar-refractivity contribution in [3.8, 4) is 0 Å². The van der Waals surface area contributed by atoms with Crippen LogP contribution in [0.2, 0.25) is 0 Å². The molecule has 0 radical (unpaired) electrons. The molecule has 0 saturated heterocycles. The van der Waals surface area contributed by atoms with Crippen LogP contribution in [-0.2, 0) is 6.54 Å². The Morgan fingerprint density at radius 2 is 2.25 bits per heavy atom. The summed E-state index contributed by atoms with van der Waals surface area (Å²) < 4.78 is 1.93. The van der Waals surface area contributed by atoms with Crippen molar-refractivity contribution in [1.82, 2.24) is 9.78 Å². The molecule has 1 aromatic heterocycles. The first-order valence-electron chi connectivity index (χ1n) is 5.41. The first kappa shape index (κ1) is 10.5. The zero-order chi connectivity index (χ0) is 11.2. The number of aromatic nitrogens is 2. The highest BCUT2D eigenvalue weighted by Gasteiger charge is 1.93. The minimum atomic E-state index is 0.789. The number of aryl methyl sites for hydroxylation is 1. The van der Waals surface area contributed by atoms with Crippen molar-refractivity contribution in [2.24, 2.45) is 0 Å². The third-order valence-corrected chi connectivity index (χ3v) is 2.34. The van der Waals surface area contributed by atoms with E-state index in [0.29, 0.717) is 0 Å². The Morgan fingerprint density at radius 3 is 3.00 bits per heavy atom. The molecule has 0 fully saturated rings. The van der Waals surface area contributed by atoms with E-state index in [4.69, 9.17) is 5.73 Å². The number of nitrogens with zero attached hydrogens (tertiary/aromatic N) is 2. The Labute approximate surface area is 95.1 Å². The molecule has 3 N–H and O–H groups in total. The molecule has 0 spiro atoms. The molecule has 0 aliphatic carbocycles. The molecule has 4 nitrogen and oxygen atoms in total. The minimum absolute atomic E-state index is 0.789. The molecular formula is C12H16N4. The van der Waals surface area contributed by atoms with Gasteiger partial charge in [-0.3, -0.25) is 4.68 Å². The van der Waals surface area contributed by atoms with E-state index in [9.17, 15) is 0 Å². The largest absolute Gasteiger partial charge is 0.399 e. The van der Waals surface area contributed by atoms with Crippen LogP contribution in [0.3, 0.4) is 0 Å². The minimum Gasteiger partial charge on any atom is -0.399 e. The van der Waals surface area contributed by atoms with Gasteiger partial charge in [0.05, 0.1) is 0 Å². The lowest BCUT2D eigenvalue weighted by Gasteiger charge is -2.06. The van der Waals surface area contributed by atoms with Crippen LogP contribution in [-0.4, -0.2) is 16.3 Å². The van der Waals surface area contributed by atoms with Gasteiger partial charge in [0.15, 0.2) is 0 Å². The normalized spacial score (nSPS) is 10.2. The molecule has 1 aromatic carbocycles. The van der Waals surface area contributed by atoms with Gasteiger partial charge in [0, 0.05) is 36.9 Å². The molecule has 0 saturated carbocycles. The predicted molar refractivity (Wildman–Crippen MR) is 66.2 cm³/mol. The lowest BCUT2D eigenvalue weighted by molar-refractivity contribution is 0.592. The van der Waals surface area contributed by atoms with Gasteiger partial charge in [0.25, 0.3) is 0 Å². The fraction of sp³-hybridized carbons (Fsp3) is 0.250. The van der Waals surface area contributed by atoms with Crippen LogP contribution in [0.4, 0.5) is 11.4 Å². The summed E-state index contributed by atoms with van der Waals surface area (Å²) in [5, 5.41) is 7.47. The van der Waals surface area contributed by atoms with Crippen molar-refractivity contribution >= 4 is 11.4 Å². The number of hydrogen-bond acceptors (Lipinski definition) is 3. The molecule has 0 aliphatic heterocycles. The number of rotatable bonds is 5. The highest BCUT2D eigenvalue weighted by molar-refractivity contribution is 5.53. The van der Waals surface area contributed by atoms with E-state index >= 15 is 0 Å². The predicted octanol–water partition coefficient (Wildman–Crippen LogP) is 1.97. The van der Waals surface area contributed by atoms with Gasteiger partial charge in [-0.05, 0) is 30.7 Å². The molecule has 4 heteroatoms. The average molecular weight is 216 g/mol. The van der Waals surface area contributed by atoms with Crippen molar-refractivity contribution in [2.45, 2.75) is 13.0 Å². The number of nitrogens with one attached hydrogen (secondary N) is 1. The van der Waals surface area contributed by atoms with Crippen LogP contribution in [0.1, 0.15) is 6.42 Å². The number of anilines is 2. The van der Waals surface area contributed by atoms with E-state index in [0.717, 1.165) is 30.9 Å². The van der Waals surface area contributed by atoms with Crippen molar-refractivity contribution in [1.29, 1.82) is 0 Å². The summed E-state index contributed by atoms with van der Waals surface area (Å²) in [6.45, 7) is 1.85. The zero-order valence-electron chi connectivity index (χ0n) is 9.13. The lowest BCUT2D eigenvalue weighted by Crippen LogP contribution is -2.07. The monoisotopic (exact) mass is 216 g/mol. The second kappa shape index (κ2) is 5.21.